The highest BCUT2D eigenvalue weighted by Gasteiger charge is 2.10. The van der Waals surface area contributed by atoms with Gasteiger partial charge in [-0.2, -0.15) is 0 Å². The summed E-state index contributed by atoms with van der Waals surface area (Å²) < 4.78 is 11.3. The molecule has 0 unspecified atom stereocenters. The van der Waals surface area contributed by atoms with Crippen molar-refractivity contribution >= 4 is 20.9 Å². The summed E-state index contributed by atoms with van der Waals surface area (Å²) in [6.45, 7) is 5.70. The maximum Gasteiger partial charge on any atom is 0.321 e. The maximum absolute atomic E-state index is 5.64. The second-order valence-corrected chi connectivity index (χ2v) is 6.77. The Labute approximate surface area is 114 Å². The molecule has 0 radical (unpaired) electrons. The van der Waals surface area contributed by atoms with Crippen molar-refractivity contribution in [3.8, 4) is 0 Å². The van der Waals surface area contributed by atoms with E-state index in [0.717, 1.165) is 19.1 Å². The van der Waals surface area contributed by atoms with Gasteiger partial charge >= 0.3 is 9.28 Å². The Hall–Kier alpha value is 0.427. The average molecular weight is 281 g/mol. The Kier molecular flexibility index (Phi) is 14.9. The number of alkyl halides is 1. The molecule has 0 fully saturated rings. The van der Waals surface area contributed by atoms with E-state index in [1.54, 1.807) is 0 Å². The van der Waals surface area contributed by atoms with Gasteiger partial charge in [-0.15, -0.1) is 11.6 Å². The van der Waals surface area contributed by atoms with Crippen LogP contribution in [0.25, 0.3) is 0 Å². The fourth-order valence-corrected chi connectivity index (χ4v) is 3.86. The highest BCUT2D eigenvalue weighted by atomic mass is 35.5. The number of unbranched alkanes of at least 4 members (excludes halogenated alkanes) is 6. The van der Waals surface area contributed by atoms with Crippen molar-refractivity contribution in [1.29, 1.82) is 0 Å². The van der Waals surface area contributed by atoms with Gasteiger partial charge in [0.2, 0.25) is 0 Å². The van der Waals surface area contributed by atoms with Crippen LogP contribution in [0.3, 0.4) is 0 Å². The Bertz CT molecular complexity index is 141. The maximum atomic E-state index is 5.64. The highest BCUT2D eigenvalue weighted by molar-refractivity contribution is 6.44. The van der Waals surface area contributed by atoms with Crippen LogP contribution in [0.5, 0.6) is 0 Å². The highest BCUT2D eigenvalue weighted by Crippen LogP contribution is 2.11. The normalized spacial score (nSPS) is 11.3. The van der Waals surface area contributed by atoms with Gasteiger partial charge < -0.3 is 8.85 Å². The molecule has 0 aromatic carbocycles. The van der Waals surface area contributed by atoms with Crippen LogP contribution < -0.4 is 0 Å². The first-order valence-electron chi connectivity index (χ1n) is 7.14. The van der Waals surface area contributed by atoms with Gasteiger partial charge in [0.05, 0.1) is 0 Å². The van der Waals surface area contributed by atoms with Crippen LogP contribution in [0.15, 0.2) is 0 Å². The van der Waals surface area contributed by atoms with Gasteiger partial charge in [-0.3, -0.25) is 0 Å². The summed E-state index contributed by atoms with van der Waals surface area (Å²) in [6.07, 6.45) is 9.10. The predicted octanol–water partition coefficient (Wildman–Crippen LogP) is 4.25. The summed E-state index contributed by atoms with van der Waals surface area (Å²) in [7, 11) is -1.32. The fraction of sp³-hybridized carbons (Fsp3) is 1.00. The Morgan fingerprint density at radius 1 is 0.765 bits per heavy atom. The first-order chi connectivity index (χ1) is 8.35. The minimum absolute atomic E-state index is 0.801. The molecule has 0 N–H and O–H groups in total. The summed E-state index contributed by atoms with van der Waals surface area (Å²) in [5.74, 6) is 0.815. The van der Waals surface area contributed by atoms with Crippen LogP contribution in [0.2, 0.25) is 6.04 Å². The van der Waals surface area contributed by atoms with E-state index in [9.17, 15) is 0 Å². The summed E-state index contributed by atoms with van der Waals surface area (Å²) in [6, 6.07) is 1.17. The lowest BCUT2D eigenvalue weighted by Gasteiger charge is -2.14. The topological polar surface area (TPSA) is 18.5 Å². The van der Waals surface area contributed by atoms with Crippen molar-refractivity contribution in [2.24, 2.45) is 0 Å². The van der Waals surface area contributed by atoms with Gasteiger partial charge in [-0.1, -0.05) is 38.5 Å². The van der Waals surface area contributed by atoms with E-state index in [4.69, 9.17) is 20.5 Å². The van der Waals surface area contributed by atoms with E-state index in [1.165, 1.54) is 51.0 Å². The Morgan fingerprint density at radius 2 is 1.24 bits per heavy atom. The number of hydrogen-bond acceptors (Lipinski definition) is 2. The zero-order valence-corrected chi connectivity index (χ0v) is 13.5. The monoisotopic (exact) mass is 280 g/mol. The summed E-state index contributed by atoms with van der Waals surface area (Å²) in [5.41, 5.74) is 0. The molecule has 2 nitrogen and oxygen atoms in total. The van der Waals surface area contributed by atoms with Crippen LogP contribution in [0.4, 0.5) is 0 Å². The molecule has 0 rings (SSSR count). The molecule has 0 heterocycles. The Morgan fingerprint density at radius 3 is 1.71 bits per heavy atom. The first kappa shape index (κ1) is 17.4. The SMILES string of the molecule is CCO[SiH](CCCCCCCCCCl)OCC. The van der Waals surface area contributed by atoms with Gasteiger partial charge in [0.15, 0.2) is 0 Å². The standard InChI is InChI=1S/C13H29ClO2Si/c1-3-15-17(16-4-2)13-11-9-7-5-6-8-10-12-14/h17H,3-13H2,1-2H3. The molecule has 0 aliphatic rings. The smallest absolute Gasteiger partial charge is 0.321 e. The van der Waals surface area contributed by atoms with E-state index < -0.39 is 9.28 Å². The number of hydrogen-bond donors (Lipinski definition) is 0. The van der Waals surface area contributed by atoms with Crippen LogP contribution in [-0.4, -0.2) is 28.4 Å². The summed E-state index contributed by atoms with van der Waals surface area (Å²) in [5, 5.41) is 0. The molecular formula is C13H29ClO2Si. The van der Waals surface area contributed by atoms with Crippen LogP contribution >= 0.6 is 11.6 Å². The van der Waals surface area contributed by atoms with Gasteiger partial charge in [-0.25, -0.2) is 0 Å². The third-order valence-corrected chi connectivity index (χ3v) is 5.34. The molecular weight excluding hydrogens is 252 g/mol. The minimum atomic E-state index is -1.32. The van der Waals surface area contributed by atoms with Crippen LogP contribution in [-0.2, 0) is 8.85 Å². The summed E-state index contributed by atoms with van der Waals surface area (Å²) in [4.78, 5) is 0. The van der Waals surface area contributed by atoms with E-state index in [1.807, 2.05) is 0 Å². The van der Waals surface area contributed by atoms with Crippen molar-refractivity contribution in [3.63, 3.8) is 0 Å². The van der Waals surface area contributed by atoms with Crippen LogP contribution in [0.1, 0.15) is 58.8 Å². The number of halogens is 1. The van der Waals surface area contributed by atoms with Crippen molar-refractivity contribution < 1.29 is 8.85 Å². The van der Waals surface area contributed by atoms with E-state index in [2.05, 4.69) is 13.8 Å². The molecule has 0 aromatic rings. The second kappa shape index (κ2) is 14.5. The summed E-state index contributed by atoms with van der Waals surface area (Å²) >= 11 is 5.64. The quantitative estimate of drug-likeness (QED) is 0.285. The molecule has 0 spiro atoms. The molecule has 0 aliphatic heterocycles. The zero-order valence-electron chi connectivity index (χ0n) is 11.5. The fourth-order valence-electron chi connectivity index (χ4n) is 1.88. The van der Waals surface area contributed by atoms with Gasteiger partial charge in [0.25, 0.3) is 0 Å². The van der Waals surface area contributed by atoms with E-state index in [-0.39, 0.29) is 0 Å². The first-order valence-corrected chi connectivity index (χ1v) is 9.43. The second-order valence-electron chi connectivity index (χ2n) is 4.29. The van der Waals surface area contributed by atoms with Crippen molar-refractivity contribution in [2.75, 3.05) is 19.1 Å². The predicted molar refractivity (Wildman–Crippen MR) is 78.2 cm³/mol. The zero-order chi connectivity index (χ0) is 12.8. The van der Waals surface area contributed by atoms with E-state index >= 15 is 0 Å². The number of rotatable bonds is 13. The van der Waals surface area contributed by atoms with Crippen LogP contribution in [0, 0.1) is 0 Å². The van der Waals surface area contributed by atoms with Gasteiger partial charge in [-0.05, 0) is 26.3 Å². The molecule has 0 atom stereocenters. The molecule has 0 saturated heterocycles. The largest absolute Gasteiger partial charge is 0.397 e. The molecule has 0 amide bonds. The minimum Gasteiger partial charge on any atom is -0.397 e. The lowest BCUT2D eigenvalue weighted by Crippen LogP contribution is -2.22. The lowest BCUT2D eigenvalue weighted by atomic mass is 10.1. The third-order valence-electron chi connectivity index (χ3n) is 2.78. The lowest BCUT2D eigenvalue weighted by molar-refractivity contribution is 0.212. The van der Waals surface area contributed by atoms with E-state index in [0.29, 0.717) is 0 Å². The van der Waals surface area contributed by atoms with Gasteiger partial charge in [0.1, 0.15) is 0 Å². The Balaban J connectivity index is 3.23. The molecule has 17 heavy (non-hydrogen) atoms. The molecule has 0 bridgehead atoms. The van der Waals surface area contributed by atoms with Gasteiger partial charge in [0, 0.05) is 19.1 Å². The van der Waals surface area contributed by atoms with Crippen molar-refractivity contribution in [2.45, 2.75) is 64.8 Å². The molecule has 0 aliphatic carbocycles. The third kappa shape index (κ3) is 12.7. The van der Waals surface area contributed by atoms with Crippen molar-refractivity contribution in [1.82, 2.24) is 0 Å². The van der Waals surface area contributed by atoms with Crippen molar-refractivity contribution in [3.05, 3.63) is 0 Å². The average Bonchev–Trinajstić information content (AvgIpc) is 2.33. The molecule has 104 valence electrons. The molecule has 0 aromatic heterocycles. The molecule has 0 saturated carbocycles. The molecule has 4 heteroatoms.